The maximum atomic E-state index is 12.3. The second kappa shape index (κ2) is 8.99. The number of halogens is 2. The first-order chi connectivity index (χ1) is 16.7. The highest BCUT2D eigenvalue weighted by molar-refractivity contribution is 7.86. The minimum absolute atomic E-state index is 0.0278. The number of carbonyl (C=O) groups excluding carboxylic acids is 1. The molecule has 4 rings (SSSR count). The van der Waals surface area contributed by atoms with Gasteiger partial charge in [-0.25, -0.2) is 9.97 Å². The number of hydrogen-bond acceptors (Lipinski definition) is 11. The smallest absolute Gasteiger partial charge is 0.305 e. The summed E-state index contributed by atoms with van der Waals surface area (Å²) in [5, 5.41) is 12.9. The van der Waals surface area contributed by atoms with E-state index in [-0.39, 0.29) is 22.4 Å². The highest BCUT2D eigenvalue weighted by Gasteiger charge is 2.62. The standard InChI is InChI=1S/C18H13Cl2N7O7S2/c19-17(20)14(28)26-27-18(17,10-1-5-12(6-2-10)35(29,30)31)25-16-22-9-21-15(24-16)23-11-3-7-13(8-4-11)36(32,33)34/h1-9H,(H,29,30,31)(H,32,33,34)(H2,21,22,23,24,25). The van der Waals surface area contributed by atoms with Crippen molar-refractivity contribution in [3.8, 4) is 0 Å². The maximum Gasteiger partial charge on any atom is 0.305 e. The lowest BCUT2D eigenvalue weighted by molar-refractivity contribution is -0.118. The number of nitrogens with one attached hydrogen (secondary N) is 2. The van der Waals surface area contributed by atoms with Crippen LogP contribution in [0.4, 0.5) is 17.6 Å². The van der Waals surface area contributed by atoms with Crippen molar-refractivity contribution in [2.24, 2.45) is 10.2 Å². The summed E-state index contributed by atoms with van der Waals surface area (Å²) < 4.78 is 61.2. The Morgan fingerprint density at radius 1 is 0.806 bits per heavy atom. The fourth-order valence-electron chi connectivity index (χ4n) is 3.10. The zero-order valence-electron chi connectivity index (χ0n) is 17.4. The average Bonchev–Trinajstić information content (AvgIpc) is 3.03. The molecule has 0 aliphatic carbocycles. The molecule has 2 heterocycles. The topological polar surface area (TPSA) is 213 Å². The third-order valence-electron chi connectivity index (χ3n) is 4.86. The fraction of sp³-hybridized carbons (Fsp3) is 0.111. The highest BCUT2D eigenvalue weighted by atomic mass is 35.5. The number of nitrogens with zero attached hydrogens (tertiary/aromatic N) is 5. The molecule has 0 saturated carbocycles. The van der Waals surface area contributed by atoms with Crippen molar-refractivity contribution < 1.29 is 30.7 Å². The molecule has 36 heavy (non-hydrogen) atoms. The molecule has 1 aromatic heterocycles. The Morgan fingerprint density at radius 2 is 1.33 bits per heavy atom. The van der Waals surface area contributed by atoms with Gasteiger partial charge in [-0.05, 0) is 36.4 Å². The van der Waals surface area contributed by atoms with Gasteiger partial charge >= 0.3 is 5.91 Å². The van der Waals surface area contributed by atoms with E-state index in [2.05, 4.69) is 35.8 Å². The summed E-state index contributed by atoms with van der Waals surface area (Å²) in [6, 6.07) is 9.54. The summed E-state index contributed by atoms with van der Waals surface area (Å²) in [5.74, 6) is -1.22. The molecule has 1 aliphatic heterocycles. The molecular formula is C18H13Cl2N7O7S2. The molecule has 3 aromatic rings. The number of amides is 1. The summed E-state index contributed by atoms with van der Waals surface area (Å²) in [5.41, 5.74) is -1.55. The minimum atomic E-state index is -4.50. The third-order valence-corrected chi connectivity index (χ3v) is 7.46. The lowest BCUT2D eigenvalue weighted by Gasteiger charge is -2.33. The average molecular weight is 574 g/mol. The second-order valence-corrected chi connectivity index (χ2v) is 11.3. The van der Waals surface area contributed by atoms with Crippen LogP contribution in [0.3, 0.4) is 0 Å². The van der Waals surface area contributed by atoms with Crippen molar-refractivity contribution in [2.75, 3.05) is 10.6 Å². The monoisotopic (exact) mass is 573 g/mol. The highest BCUT2D eigenvalue weighted by Crippen LogP contribution is 2.49. The van der Waals surface area contributed by atoms with Gasteiger partial charge in [-0.1, -0.05) is 35.3 Å². The van der Waals surface area contributed by atoms with Crippen molar-refractivity contribution in [1.82, 2.24) is 15.0 Å². The van der Waals surface area contributed by atoms with Crippen LogP contribution in [0.1, 0.15) is 5.56 Å². The van der Waals surface area contributed by atoms with Gasteiger partial charge in [0.25, 0.3) is 20.2 Å². The number of rotatable bonds is 7. The minimum Gasteiger partial charge on any atom is -0.324 e. The van der Waals surface area contributed by atoms with Crippen molar-refractivity contribution in [3.63, 3.8) is 0 Å². The Morgan fingerprint density at radius 3 is 1.83 bits per heavy atom. The van der Waals surface area contributed by atoms with Gasteiger partial charge in [0.15, 0.2) is 0 Å². The van der Waals surface area contributed by atoms with Crippen molar-refractivity contribution in [2.45, 2.75) is 19.8 Å². The first kappa shape index (κ1) is 25.8. The van der Waals surface area contributed by atoms with Crippen molar-refractivity contribution >= 4 is 66.9 Å². The fourth-order valence-corrected chi connectivity index (χ4v) is 4.53. The van der Waals surface area contributed by atoms with Crippen LogP contribution in [0.2, 0.25) is 0 Å². The lowest BCUT2D eigenvalue weighted by atomic mass is 9.96. The first-order valence-electron chi connectivity index (χ1n) is 9.47. The summed E-state index contributed by atoms with van der Waals surface area (Å²) in [7, 11) is -8.87. The summed E-state index contributed by atoms with van der Waals surface area (Å²) in [6.45, 7) is 0. The van der Waals surface area contributed by atoms with Gasteiger partial charge < -0.3 is 10.6 Å². The van der Waals surface area contributed by atoms with Gasteiger partial charge in [0.05, 0.1) is 9.79 Å². The van der Waals surface area contributed by atoms with Crippen LogP contribution >= 0.6 is 23.2 Å². The summed E-state index contributed by atoms with van der Waals surface area (Å²) in [6.07, 6.45) is 1.09. The molecule has 14 nitrogen and oxygen atoms in total. The summed E-state index contributed by atoms with van der Waals surface area (Å²) >= 11 is 12.6. The molecule has 0 spiro atoms. The molecule has 1 aliphatic rings. The van der Waals surface area contributed by atoms with Crippen molar-refractivity contribution in [1.29, 1.82) is 0 Å². The number of benzene rings is 2. The summed E-state index contributed by atoms with van der Waals surface area (Å²) in [4.78, 5) is 23.6. The van der Waals surface area contributed by atoms with E-state index >= 15 is 0 Å². The van der Waals surface area contributed by atoms with E-state index < -0.39 is 41.0 Å². The second-order valence-electron chi connectivity index (χ2n) is 7.17. The van der Waals surface area contributed by atoms with Crippen molar-refractivity contribution in [3.05, 3.63) is 60.4 Å². The van der Waals surface area contributed by atoms with Gasteiger partial charge in [-0.15, -0.1) is 10.2 Å². The number of hydrogen-bond donors (Lipinski definition) is 4. The first-order valence-corrected chi connectivity index (χ1v) is 13.1. The zero-order valence-corrected chi connectivity index (χ0v) is 20.6. The molecule has 18 heteroatoms. The third kappa shape index (κ3) is 4.86. The largest absolute Gasteiger partial charge is 0.324 e. The molecule has 188 valence electrons. The molecule has 0 bridgehead atoms. The predicted octanol–water partition coefficient (Wildman–Crippen LogP) is 2.54. The van der Waals surface area contributed by atoms with E-state index in [9.17, 15) is 26.2 Å². The van der Waals surface area contributed by atoms with E-state index in [0.29, 0.717) is 5.69 Å². The van der Waals surface area contributed by atoms with Crippen LogP contribution in [0.15, 0.2) is 74.9 Å². The van der Waals surface area contributed by atoms with Gasteiger partial charge in [0.1, 0.15) is 6.33 Å². The van der Waals surface area contributed by atoms with E-state index in [1.165, 1.54) is 24.3 Å². The van der Waals surface area contributed by atoms with Crippen LogP contribution in [-0.4, -0.2) is 51.1 Å². The molecule has 1 amide bonds. The number of anilines is 3. The number of alkyl halides is 2. The van der Waals surface area contributed by atoms with Crippen LogP contribution < -0.4 is 10.6 Å². The van der Waals surface area contributed by atoms with Crippen LogP contribution in [0, 0.1) is 0 Å². The van der Waals surface area contributed by atoms with Gasteiger partial charge in [0, 0.05) is 11.3 Å². The molecule has 0 fully saturated rings. The van der Waals surface area contributed by atoms with Gasteiger partial charge in [0.2, 0.25) is 21.9 Å². The molecule has 1 unspecified atom stereocenters. The molecule has 0 saturated heterocycles. The zero-order chi connectivity index (χ0) is 26.4. The number of aromatic nitrogens is 3. The predicted molar refractivity (Wildman–Crippen MR) is 125 cm³/mol. The molecule has 2 aromatic carbocycles. The molecule has 4 N–H and O–H groups in total. The number of carbonyl (C=O) groups is 1. The lowest BCUT2D eigenvalue weighted by Crippen LogP contribution is -2.49. The van der Waals surface area contributed by atoms with Gasteiger partial charge in [-0.2, -0.15) is 21.8 Å². The van der Waals surface area contributed by atoms with E-state index in [1.807, 2.05) is 0 Å². The van der Waals surface area contributed by atoms with E-state index in [0.717, 1.165) is 30.6 Å². The molecule has 0 radical (unpaired) electrons. The van der Waals surface area contributed by atoms with Crippen LogP contribution in [-0.2, 0) is 30.7 Å². The van der Waals surface area contributed by atoms with E-state index in [4.69, 9.17) is 27.8 Å². The van der Waals surface area contributed by atoms with Gasteiger partial charge in [-0.3, -0.25) is 13.9 Å². The van der Waals surface area contributed by atoms with Crippen LogP contribution in [0.25, 0.3) is 0 Å². The quantitative estimate of drug-likeness (QED) is 0.237. The maximum absolute atomic E-state index is 12.3. The normalized spacial score (nSPS) is 19.3. The Bertz CT molecular complexity index is 1580. The van der Waals surface area contributed by atoms with Crippen LogP contribution in [0.5, 0.6) is 0 Å². The Balaban J connectivity index is 1.67. The molecular weight excluding hydrogens is 561 g/mol. The van der Waals surface area contributed by atoms with E-state index in [1.54, 1.807) is 0 Å². The Kier molecular flexibility index (Phi) is 6.44. The Labute approximate surface area is 213 Å². The molecule has 1 atom stereocenters. The number of azo groups is 1. The Hall–Kier alpha value is -3.28. The SMILES string of the molecule is O=C1N=NC(Nc2ncnc(Nc3ccc(S(=O)(=O)O)cc3)n2)(c2ccc(S(=O)(=O)O)cc2)C1(Cl)Cl.